The van der Waals surface area contributed by atoms with E-state index in [1.807, 2.05) is 4.68 Å². The van der Waals surface area contributed by atoms with Crippen LogP contribution < -0.4 is 5.32 Å². The maximum absolute atomic E-state index is 5.61. The summed E-state index contributed by atoms with van der Waals surface area (Å²) in [5.41, 5.74) is 0. The van der Waals surface area contributed by atoms with Gasteiger partial charge in [0.05, 0.1) is 6.54 Å². The first-order valence-electron chi connectivity index (χ1n) is 6.01. The molecular weight excluding hydrogens is 224 g/mol. The van der Waals surface area contributed by atoms with Crippen molar-refractivity contribution in [3.8, 4) is 0 Å². The molecule has 1 aromatic heterocycles. The fourth-order valence-electron chi connectivity index (χ4n) is 1.55. The molecular formula is C11H21ClN4. The minimum Gasteiger partial charge on any atom is -0.310 e. The number of aryl methyl sites for hydroxylation is 1. The second-order valence-electron chi connectivity index (χ2n) is 3.83. The Kier molecular flexibility index (Phi) is 7.17. The Morgan fingerprint density at radius 3 is 3.00 bits per heavy atom. The lowest BCUT2D eigenvalue weighted by atomic mass is 10.2. The van der Waals surface area contributed by atoms with Gasteiger partial charge in [-0.1, -0.05) is 13.3 Å². The van der Waals surface area contributed by atoms with E-state index in [4.69, 9.17) is 11.6 Å². The minimum atomic E-state index is 0.769. The van der Waals surface area contributed by atoms with Crippen molar-refractivity contribution in [2.75, 3.05) is 12.4 Å². The fraction of sp³-hybridized carbons (Fsp3) is 0.818. The molecule has 0 saturated carbocycles. The van der Waals surface area contributed by atoms with E-state index in [9.17, 15) is 0 Å². The quantitative estimate of drug-likeness (QED) is 0.535. The van der Waals surface area contributed by atoms with Crippen LogP contribution in [-0.4, -0.2) is 27.2 Å². The molecule has 0 spiro atoms. The van der Waals surface area contributed by atoms with Gasteiger partial charge in [-0.3, -0.25) is 0 Å². The Bertz CT molecular complexity index is 275. The van der Waals surface area contributed by atoms with Crippen molar-refractivity contribution in [1.29, 1.82) is 0 Å². The summed E-state index contributed by atoms with van der Waals surface area (Å²) in [6.07, 6.45) is 6.19. The number of halogens is 1. The molecule has 16 heavy (non-hydrogen) atoms. The Labute approximate surface area is 102 Å². The molecule has 0 bridgehead atoms. The van der Waals surface area contributed by atoms with Crippen molar-refractivity contribution in [2.45, 2.75) is 45.7 Å². The predicted octanol–water partition coefficient (Wildman–Crippen LogP) is 2.19. The monoisotopic (exact) mass is 244 g/mol. The highest BCUT2D eigenvalue weighted by atomic mass is 35.5. The van der Waals surface area contributed by atoms with Gasteiger partial charge in [0.15, 0.2) is 0 Å². The molecule has 0 amide bonds. The standard InChI is InChI=1S/C11H21ClN4/c1-2-8-16-11(14-10-15-16)9-13-7-5-3-4-6-12/h10,13H,2-9H2,1H3. The van der Waals surface area contributed by atoms with E-state index in [0.29, 0.717) is 0 Å². The van der Waals surface area contributed by atoms with Crippen LogP contribution in [-0.2, 0) is 13.1 Å². The van der Waals surface area contributed by atoms with Crippen LogP contribution in [0, 0.1) is 0 Å². The summed E-state index contributed by atoms with van der Waals surface area (Å²) < 4.78 is 1.96. The van der Waals surface area contributed by atoms with Crippen molar-refractivity contribution < 1.29 is 0 Å². The van der Waals surface area contributed by atoms with E-state index in [-0.39, 0.29) is 0 Å². The topological polar surface area (TPSA) is 42.7 Å². The Morgan fingerprint density at radius 2 is 2.25 bits per heavy atom. The second kappa shape index (κ2) is 8.53. The summed E-state index contributed by atoms with van der Waals surface area (Å²) in [6, 6.07) is 0. The molecule has 0 aromatic carbocycles. The van der Waals surface area contributed by atoms with Crippen molar-refractivity contribution in [1.82, 2.24) is 20.1 Å². The van der Waals surface area contributed by atoms with Gasteiger partial charge >= 0.3 is 0 Å². The van der Waals surface area contributed by atoms with Gasteiger partial charge in [0.1, 0.15) is 12.2 Å². The zero-order valence-corrected chi connectivity index (χ0v) is 10.7. The number of alkyl halides is 1. The Morgan fingerprint density at radius 1 is 1.38 bits per heavy atom. The summed E-state index contributed by atoms with van der Waals surface area (Å²) in [4.78, 5) is 4.24. The van der Waals surface area contributed by atoms with E-state index < -0.39 is 0 Å². The fourth-order valence-corrected chi connectivity index (χ4v) is 1.73. The van der Waals surface area contributed by atoms with Gasteiger partial charge in [0.25, 0.3) is 0 Å². The lowest BCUT2D eigenvalue weighted by molar-refractivity contribution is 0.534. The molecule has 0 fully saturated rings. The van der Waals surface area contributed by atoms with E-state index in [2.05, 4.69) is 22.3 Å². The Balaban J connectivity index is 2.13. The molecule has 0 unspecified atom stereocenters. The molecule has 0 atom stereocenters. The van der Waals surface area contributed by atoms with Gasteiger partial charge in [-0.15, -0.1) is 11.6 Å². The maximum atomic E-state index is 5.61. The molecule has 1 N–H and O–H groups in total. The normalized spacial score (nSPS) is 10.9. The molecule has 0 aliphatic heterocycles. The third-order valence-corrected chi connectivity index (χ3v) is 2.67. The van der Waals surface area contributed by atoms with Crippen molar-refractivity contribution in [3.05, 3.63) is 12.2 Å². The molecule has 1 aromatic rings. The molecule has 1 heterocycles. The number of rotatable bonds is 9. The van der Waals surface area contributed by atoms with Crippen LogP contribution in [0.4, 0.5) is 0 Å². The van der Waals surface area contributed by atoms with Crippen LogP contribution >= 0.6 is 11.6 Å². The second-order valence-corrected chi connectivity index (χ2v) is 4.20. The van der Waals surface area contributed by atoms with E-state index in [1.54, 1.807) is 6.33 Å². The van der Waals surface area contributed by atoms with Crippen LogP contribution in [0.3, 0.4) is 0 Å². The lowest BCUT2D eigenvalue weighted by Gasteiger charge is -2.05. The van der Waals surface area contributed by atoms with Crippen LogP contribution in [0.1, 0.15) is 38.4 Å². The molecule has 0 aliphatic carbocycles. The summed E-state index contributed by atoms with van der Waals surface area (Å²) in [5, 5.41) is 7.56. The number of hydrogen-bond acceptors (Lipinski definition) is 3. The average Bonchev–Trinajstić information content (AvgIpc) is 2.72. The van der Waals surface area contributed by atoms with Crippen molar-refractivity contribution >= 4 is 11.6 Å². The third-order valence-electron chi connectivity index (χ3n) is 2.40. The smallest absolute Gasteiger partial charge is 0.140 e. The number of unbranched alkanes of at least 4 members (excludes halogenated alkanes) is 2. The predicted molar refractivity (Wildman–Crippen MR) is 66.6 cm³/mol. The first kappa shape index (κ1) is 13.5. The maximum Gasteiger partial charge on any atom is 0.140 e. The van der Waals surface area contributed by atoms with Gasteiger partial charge in [-0.2, -0.15) is 5.10 Å². The van der Waals surface area contributed by atoms with Crippen LogP contribution in [0.5, 0.6) is 0 Å². The summed E-state index contributed by atoms with van der Waals surface area (Å²) in [6.45, 7) is 4.92. The first-order valence-corrected chi connectivity index (χ1v) is 6.55. The van der Waals surface area contributed by atoms with Crippen molar-refractivity contribution in [3.63, 3.8) is 0 Å². The molecule has 5 heteroatoms. The zero-order chi connectivity index (χ0) is 11.6. The first-order chi connectivity index (χ1) is 7.88. The molecule has 0 saturated heterocycles. The molecule has 0 aliphatic rings. The molecule has 4 nitrogen and oxygen atoms in total. The highest BCUT2D eigenvalue weighted by Crippen LogP contribution is 1.98. The minimum absolute atomic E-state index is 0.769. The average molecular weight is 245 g/mol. The summed E-state index contributed by atoms with van der Waals surface area (Å²) >= 11 is 5.61. The van der Waals surface area contributed by atoms with Crippen molar-refractivity contribution in [2.24, 2.45) is 0 Å². The number of aromatic nitrogens is 3. The van der Waals surface area contributed by atoms with Gasteiger partial charge in [0.2, 0.25) is 0 Å². The largest absolute Gasteiger partial charge is 0.310 e. The Hall–Kier alpha value is -0.610. The van der Waals surface area contributed by atoms with Gasteiger partial charge in [0, 0.05) is 12.4 Å². The van der Waals surface area contributed by atoms with Gasteiger partial charge < -0.3 is 5.32 Å². The van der Waals surface area contributed by atoms with Gasteiger partial charge in [-0.25, -0.2) is 9.67 Å². The van der Waals surface area contributed by atoms with Crippen LogP contribution in [0.25, 0.3) is 0 Å². The SMILES string of the molecule is CCCn1ncnc1CNCCCCCCl. The highest BCUT2D eigenvalue weighted by molar-refractivity contribution is 6.17. The van der Waals surface area contributed by atoms with Gasteiger partial charge in [-0.05, 0) is 25.8 Å². The zero-order valence-electron chi connectivity index (χ0n) is 9.95. The third kappa shape index (κ3) is 4.94. The number of hydrogen-bond donors (Lipinski definition) is 1. The van der Waals surface area contributed by atoms with E-state index in [1.165, 1.54) is 12.8 Å². The van der Waals surface area contributed by atoms with Crippen LogP contribution in [0.2, 0.25) is 0 Å². The summed E-state index contributed by atoms with van der Waals surface area (Å²) in [5.74, 6) is 1.80. The number of nitrogens with one attached hydrogen (secondary N) is 1. The lowest BCUT2D eigenvalue weighted by Crippen LogP contribution is -2.18. The molecule has 0 radical (unpaired) electrons. The highest BCUT2D eigenvalue weighted by Gasteiger charge is 2.01. The van der Waals surface area contributed by atoms with Crippen LogP contribution in [0.15, 0.2) is 6.33 Å². The number of nitrogens with zero attached hydrogens (tertiary/aromatic N) is 3. The van der Waals surface area contributed by atoms with E-state index in [0.717, 1.165) is 44.2 Å². The summed E-state index contributed by atoms with van der Waals surface area (Å²) in [7, 11) is 0. The molecule has 92 valence electrons. The van der Waals surface area contributed by atoms with E-state index >= 15 is 0 Å². The molecule has 1 rings (SSSR count).